The average molecular weight is 461 g/mol. The van der Waals surface area contributed by atoms with E-state index in [1.165, 1.54) is 18.2 Å². The van der Waals surface area contributed by atoms with Gasteiger partial charge in [-0.1, -0.05) is 49.3 Å². The van der Waals surface area contributed by atoms with E-state index >= 15 is 0 Å². The molecule has 0 spiro atoms. The summed E-state index contributed by atoms with van der Waals surface area (Å²) < 4.78 is 1.57. The Balaban J connectivity index is 1.86. The number of hydrogen-bond donors (Lipinski definition) is 1. The zero-order chi connectivity index (χ0) is 22.5. The summed E-state index contributed by atoms with van der Waals surface area (Å²) in [5, 5.41) is 15.0. The Morgan fingerprint density at radius 3 is 2.74 bits per heavy atom. The van der Waals surface area contributed by atoms with Gasteiger partial charge in [0.25, 0.3) is 11.2 Å². The Morgan fingerprint density at radius 1 is 1.29 bits per heavy atom. The van der Waals surface area contributed by atoms with Gasteiger partial charge in [0, 0.05) is 17.6 Å². The number of nitro groups is 1. The molecule has 1 aromatic heterocycles. The van der Waals surface area contributed by atoms with Gasteiger partial charge in [0.05, 0.1) is 21.6 Å². The van der Waals surface area contributed by atoms with Gasteiger partial charge < -0.3 is 5.32 Å². The summed E-state index contributed by atoms with van der Waals surface area (Å²) in [5.74, 6) is -0.116. The first kappa shape index (κ1) is 22.8. The van der Waals surface area contributed by atoms with Gasteiger partial charge in [0.2, 0.25) is 5.91 Å². The van der Waals surface area contributed by atoms with E-state index < -0.39 is 10.8 Å². The zero-order valence-corrected chi connectivity index (χ0v) is 18.6. The number of benzene rings is 2. The Morgan fingerprint density at radius 2 is 2.03 bits per heavy atom. The SMILES string of the molecule is CC(C)CCn1c(SCC(=O)Nc2ccccc2[N+](=O)[O-])nc2cc(Cl)ccc2c1=O. The Kier molecular flexibility index (Phi) is 7.29. The van der Waals surface area contributed by atoms with E-state index in [2.05, 4.69) is 24.1 Å². The normalized spacial score (nSPS) is 11.1. The molecule has 0 aliphatic carbocycles. The van der Waals surface area contributed by atoms with E-state index in [0.717, 1.165) is 18.2 Å². The standard InChI is InChI=1S/C21H21ClN4O4S/c1-13(2)9-10-25-20(28)15-8-7-14(22)11-17(15)24-21(25)31-12-19(27)23-16-5-3-4-6-18(16)26(29)30/h3-8,11,13H,9-10,12H2,1-2H3,(H,23,27). The number of thioether (sulfide) groups is 1. The second-order valence-electron chi connectivity index (χ2n) is 7.31. The summed E-state index contributed by atoms with van der Waals surface area (Å²) in [6.45, 7) is 4.59. The van der Waals surface area contributed by atoms with Crippen molar-refractivity contribution in [1.29, 1.82) is 0 Å². The molecule has 10 heteroatoms. The van der Waals surface area contributed by atoms with Gasteiger partial charge in [-0.15, -0.1) is 0 Å². The maximum atomic E-state index is 13.0. The highest BCUT2D eigenvalue weighted by atomic mass is 35.5. The van der Waals surface area contributed by atoms with Crippen LogP contribution in [0.25, 0.3) is 10.9 Å². The van der Waals surface area contributed by atoms with Crippen LogP contribution in [0, 0.1) is 16.0 Å². The molecule has 0 fully saturated rings. The van der Waals surface area contributed by atoms with Crippen LogP contribution in [-0.2, 0) is 11.3 Å². The second kappa shape index (κ2) is 9.93. The minimum absolute atomic E-state index is 0.0633. The highest BCUT2D eigenvalue weighted by molar-refractivity contribution is 7.99. The molecule has 1 amide bonds. The molecule has 0 aliphatic rings. The first-order chi connectivity index (χ1) is 14.8. The summed E-state index contributed by atoms with van der Waals surface area (Å²) in [7, 11) is 0. The number of rotatable bonds is 8. The lowest BCUT2D eigenvalue weighted by molar-refractivity contribution is -0.383. The highest BCUT2D eigenvalue weighted by Gasteiger charge is 2.17. The van der Waals surface area contributed by atoms with E-state index in [1.807, 2.05) is 0 Å². The molecule has 0 atom stereocenters. The minimum atomic E-state index is -0.555. The number of hydrogen-bond acceptors (Lipinski definition) is 6. The van der Waals surface area contributed by atoms with Crippen molar-refractivity contribution in [2.24, 2.45) is 5.92 Å². The third-order valence-corrected chi connectivity index (χ3v) is 5.73. The number of nitro benzene ring substituents is 1. The molecule has 0 radical (unpaired) electrons. The number of nitrogens with one attached hydrogen (secondary N) is 1. The number of carbonyl (C=O) groups excluding carboxylic acids is 1. The van der Waals surface area contributed by atoms with Crippen molar-refractivity contribution in [2.45, 2.75) is 32.0 Å². The van der Waals surface area contributed by atoms with Gasteiger partial charge in [-0.2, -0.15) is 0 Å². The summed E-state index contributed by atoms with van der Waals surface area (Å²) in [4.78, 5) is 40.6. The van der Waals surface area contributed by atoms with Crippen LogP contribution in [0.2, 0.25) is 5.02 Å². The lowest BCUT2D eigenvalue weighted by Crippen LogP contribution is -2.25. The van der Waals surface area contributed by atoms with Crippen molar-refractivity contribution in [3.8, 4) is 0 Å². The lowest BCUT2D eigenvalue weighted by Gasteiger charge is -2.14. The van der Waals surface area contributed by atoms with E-state index in [0.29, 0.717) is 33.5 Å². The van der Waals surface area contributed by atoms with Crippen LogP contribution >= 0.6 is 23.4 Å². The fourth-order valence-electron chi connectivity index (χ4n) is 2.92. The molecular formula is C21H21ClN4O4S. The molecule has 2 aromatic carbocycles. The number of nitrogens with zero attached hydrogens (tertiary/aromatic N) is 3. The fraction of sp³-hybridized carbons (Fsp3) is 0.286. The van der Waals surface area contributed by atoms with Crippen molar-refractivity contribution in [1.82, 2.24) is 9.55 Å². The third kappa shape index (κ3) is 5.62. The average Bonchev–Trinajstić information content (AvgIpc) is 2.71. The number of aromatic nitrogens is 2. The van der Waals surface area contributed by atoms with Gasteiger partial charge in [-0.3, -0.25) is 24.3 Å². The van der Waals surface area contributed by atoms with Gasteiger partial charge in [0.1, 0.15) is 5.69 Å². The quantitative estimate of drug-likeness (QED) is 0.225. The van der Waals surface area contributed by atoms with Crippen molar-refractivity contribution in [3.05, 3.63) is 68.0 Å². The highest BCUT2D eigenvalue weighted by Crippen LogP contribution is 2.25. The predicted octanol–water partition coefficient (Wildman–Crippen LogP) is 4.74. The molecule has 1 N–H and O–H groups in total. The number of fused-ring (bicyclic) bond motifs is 1. The molecule has 0 unspecified atom stereocenters. The van der Waals surface area contributed by atoms with Crippen LogP contribution in [0.1, 0.15) is 20.3 Å². The molecule has 1 heterocycles. The van der Waals surface area contributed by atoms with Gasteiger partial charge in [-0.25, -0.2) is 4.98 Å². The number of carbonyl (C=O) groups is 1. The van der Waals surface area contributed by atoms with Crippen molar-refractivity contribution in [3.63, 3.8) is 0 Å². The van der Waals surface area contributed by atoms with E-state index in [1.54, 1.807) is 28.8 Å². The number of anilines is 1. The Labute approximate surface area is 187 Å². The van der Waals surface area contributed by atoms with E-state index in [9.17, 15) is 19.7 Å². The van der Waals surface area contributed by atoms with Gasteiger partial charge in [0.15, 0.2) is 5.16 Å². The predicted molar refractivity (Wildman–Crippen MR) is 123 cm³/mol. The van der Waals surface area contributed by atoms with E-state index in [4.69, 9.17) is 11.6 Å². The molecule has 3 aromatic rings. The fourth-order valence-corrected chi connectivity index (χ4v) is 3.92. The van der Waals surface area contributed by atoms with Crippen LogP contribution < -0.4 is 10.9 Å². The maximum Gasteiger partial charge on any atom is 0.292 e. The molecule has 162 valence electrons. The summed E-state index contributed by atoms with van der Waals surface area (Å²) in [6, 6.07) is 10.8. The molecule has 8 nitrogen and oxygen atoms in total. The maximum absolute atomic E-state index is 13.0. The lowest BCUT2D eigenvalue weighted by atomic mass is 10.1. The first-order valence-corrected chi connectivity index (χ1v) is 11.0. The molecular weight excluding hydrogens is 440 g/mol. The Hall–Kier alpha value is -2.91. The number of halogens is 1. The van der Waals surface area contributed by atoms with Gasteiger partial charge >= 0.3 is 0 Å². The van der Waals surface area contributed by atoms with Crippen LogP contribution in [0.5, 0.6) is 0 Å². The van der Waals surface area contributed by atoms with E-state index in [-0.39, 0.29) is 22.7 Å². The minimum Gasteiger partial charge on any atom is -0.320 e. The van der Waals surface area contributed by atoms with Crippen LogP contribution in [-0.4, -0.2) is 26.1 Å². The Bertz CT molecular complexity index is 1200. The molecule has 0 saturated heterocycles. The van der Waals surface area contributed by atoms with Crippen molar-refractivity contribution >= 4 is 51.5 Å². The van der Waals surface area contributed by atoms with Crippen LogP contribution in [0.15, 0.2) is 52.4 Å². The van der Waals surface area contributed by atoms with Crippen LogP contribution in [0.3, 0.4) is 0 Å². The van der Waals surface area contributed by atoms with Crippen molar-refractivity contribution in [2.75, 3.05) is 11.1 Å². The summed E-state index contributed by atoms with van der Waals surface area (Å²) in [6.07, 6.45) is 0.774. The largest absolute Gasteiger partial charge is 0.320 e. The molecule has 3 rings (SSSR count). The smallest absolute Gasteiger partial charge is 0.292 e. The monoisotopic (exact) mass is 460 g/mol. The molecule has 0 saturated carbocycles. The molecule has 0 aliphatic heterocycles. The molecule has 31 heavy (non-hydrogen) atoms. The summed E-state index contributed by atoms with van der Waals surface area (Å²) >= 11 is 7.15. The number of amides is 1. The van der Waals surface area contributed by atoms with Crippen molar-refractivity contribution < 1.29 is 9.72 Å². The summed E-state index contributed by atoms with van der Waals surface area (Å²) in [5.41, 5.74) is 0.200. The topological polar surface area (TPSA) is 107 Å². The molecule has 0 bridgehead atoms. The third-order valence-electron chi connectivity index (χ3n) is 4.52. The first-order valence-electron chi connectivity index (χ1n) is 9.62. The second-order valence-corrected chi connectivity index (χ2v) is 8.69. The number of para-hydroxylation sites is 2. The van der Waals surface area contributed by atoms with Crippen LogP contribution in [0.4, 0.5) is 11.4 Å². The van der Waals surface area contributed by atoms with Gasteiger partial charge in [-0.05, 0) is 36.6 Å². The zero-order valence-electron chi connectivity index (χ0n) is 17.0.